The van der Waals surface area contributed by atoms with Gasteiger partial charge in [0.15, 0.2) is 5.60 Å². The van der Waals surface area contributed by atoms with Crippen LogP contribution in [0.4, 0.5) is 0 Å². The maximum Gasteiger partial charge on any atom is 0.200 e. The van der Waals surface area contributed by atoms with Gasteiger partial charge in [0.25, 0.3) is 0 Å². The van der Waals surface area contributed by atoms with Crippen LogP contribution in [-0.2, 0) is 15.5 Å². The quantitative estimate of drug-likeness (QED) is 0.642. The number of Topliss-reactive ketones (excluding diaryl/α,β-unsaturated/α-hetero) is 1. The second kappa shape index (κ2) is 5.73. The molecule has 0 bridgehead atoms. The summed E-state index contributed by atoms with van der Waals surface area (Å²) in [5, 5.41) is -0.517. The number of carbonyl (C=O) groups excluding carboxylic acids is 1. The third-order valence-corrected chi connectivity index (χ3v) is 7.00. The van der Waals surface area contributed by atoms with Gasteiger partial charge in [-0.2, -0.15) is 0 Å². The molecular formula is C22H16O3S. The van der Waals surface area contributed by atoms with Gasteiger partial charge >= 0.3 is 0 Å². The number of carbonyl (C=O) groups is 1. The third-order valence-electron chi connectivity index (χ3n) is 5.16. The fourth-order valence-electron chi connectivity index (χ4n) is 3.92. The molecule has 1 fully saturated rings. The number of benzene rings is 3. The molecule has 1 unspecified atom stereocenters. The Bertz CT molecular complexity index is 1020. The monoisotopic (exact) mass is 360 g/mol. The summed E-state index contributed by atoms with van der Waals surface area (Å²) in [4.78, 5) is 14.1. The largest absolute Gasteiger partial charge is 0.350 e. The summed E-state index contributed by atoms with van der Waals surface area (Å²) in [6.07, 6.45) is -0.376. The lowest BCUT2D eigenvalue weighted by atomic mass is 9.85. The zero-order chi connectivity index (χ0) is 17.7. The minimum absolute atomic E-state index is 0.0737. The van der Waals surface area contributed by atoms with Crippen molar-refractivity contribution < 1.29 is 13.7 Å². The second-order valence-electron chi connectivity index (χ2n) is 6.62. The van der Waals surface area contributed by atoms with Crippen LogP contribution in [0.25, 0.3) is 0 Å². The Kier molecular flexibility index (Phi) is 3.45. The van der Waals surface area contributed by atoms with Gasteiger partial charge in [-0.25, -0.2) is 0 Å². The number of ether oxygens (including phenoxy) is 1. The first-order chi connectivity index (χ1) is 12.7. The minimum atomic E-state index is -1.37. The smallest absolute Gasteiger partial charge is 0.200 e. The van der Waals surface area contributed by atoms with Crippen LogP contribution in [0.15, 0.2) is 89.8 Å². The van der Waals surface area contributed by atoms with Crippen LogP contribution in [0, 0.1) is 0 Å². The van der Waals surface area contributed by atoms with Crippen molar-refractivity contribution in [2.24, 2.45) is 0 Å². The Labute approximate surface area is 154 Å². The fraction of sp³-hybridized carbons (Fsp3) is 0.136. The molecule has 26 heavy (non-hydrogen) atoms. The molecule has 0 amide bonds. The van der Waals surface area contributed by atoms with Gasteiger partial charge in [0.2, 0.25) is 5.78 Å². The Balaban J connectivity index is 1.71. The first-order valence-electron chi connectivity index (χ1n) is 8.55. The van der Waals surface area contributed by atoms with E-state index in [0.717, 1.165) is 11.1 Å². The highest BCUT2D eigenvalue weighted by atomic mass is 32.2. The van der Waals surface area contributed by atoms with Crippen molar-refractivity contribution in [2.75, 3.05) is 0 Å². The molecule has 0 aliphatic carbocycles. The van der Waals surface area contributed by atoms with Gasteiger partial charge in [-0.3, -0.25) is 9.00 Å². The molecule has 128 valence electrons. The number of hydrogen-bond acceptors (Lipinski definition) is 3. The fourth-order valence-corrected chi connectivity index (χ4v) is 5.77. The number of epoxide rings is 1. The van der Waals surface area contributed by atoms with E-state index in [1.165, 1.54) is 0 Å². The van der Waals surface area contributed by atoms with Crippen LogP contribution in [0.3, 0.4) is 0 Å². The maximum atomic E-state index is 13.5. The van der Waals surface area contributed by atoms with Gasteiger partial charge in [0, 0.05) is 5.56 Å². The van der Waals surface area contributed by atoms with E-state index in [-0.39, 0.29) is 11.9 Å². The number of hydrogen-bond donors (Lipinski definition) is 0. The van der Waals surface area contributed by atoms with E-state index in [1.807, 2.05) is 72.8 Å². The highest BCUT2D eigenvalue weighted by Gasteiger charge is 2.71. The molecule has 4 atom stereocenters. The predicted molar refractivity (Wildman–Crippen MR) is 99.4 cm³/mol. The van der Waals surface area contributed by atoms with Crippen molar-refractivity contribution in [3.05, 3.63) is 102 Å². The lowest BCUT2D eigenvalue weighted by Crippen LogP contribution is -2.40. The predicted octanol–water partition coefficient (Wildman–Crippen LogP) is 4.24. The standard InChI is InChI=1S/C22H16O3S/c23-19-17-13-7-8-14-18(17)26(24)21(16-11-5-2-6-12-16)22(19)20(25-22)15-9-3-1-4-10-15/h1-14,20-21H/t20-,21-,22-,26?/m1/s1. The molecule has 0 radical (unpaired) electrons. The van der Waals surface area contributed by atoms with E-state index in [9.17, 15) is 9.00 Å². The summed E-state index contributed by atoms with van der Waals surface area (Å²) >= 11 is 0. The molecule has 2 heterocycles. The minimum Gasteiger partial charge on any atom is -0.350 e. The first-order valence-corrected chi connectivity index (χ1v) is 9.77. The molecule has 1 saturated heterocycles. The Morgan fingerprint density at radius 2 is 1.35 bits per heavy atom. The van der Waals surface area contributed by atoms with Crippen LogP contribution in [0.2, 0.25) is 0 Å². The SMILES string of the molecule is O=C1c2ccccc2S(=O)[C@H](c2ccccc2)[C@@]12O[C@@H]2c1ccccc1. The number of rotatable bonds is 2. The molecule has 0 saturated carbocycles. The highest BCUT2D eigenvalue weighted by Crippen LogP contribution is 2.62. The van der Waals surface area contributed by atoms with Crippen molar-refractivity contribution in [1.29, 1.82) is 0 Å². The van der Waals surface area contributed by atoms with Crippen molar-refractivity contribution >= 4 is 16.6 Å². The molecule has 3 nitrogen and oxygen atoms in total. The average Bonchev–Trinajstić information content (AvgIpc) is 3.44. The van der Waals surface area contributed by atoms with Gasteiger partial charge in [0.05, 0.1) is 15.7 Å². The molecule has 2 aliphatic heterocycles. The molecule has 5 rings (SSSR count). The van der Waals surface area contributed by atoms with Crippen molar-refractivity contribution in [2.45, 2.75) is 21.9 Å². The summed E-state index contributed by atoms with van der Waals surface area (Å²) in [6.45, 7) is 0. The molecular weight excluding hydrogens is 344 g/mol. The van der Waals surface area contributed by atoms with Gasteiger partial charge in [-0.05, 0) is 17.2 Å². The molecule has 0 aromatic heterocycles. The lowest BCUT2D eigenvalue weighted by molar-refractivity contribution is 0.0859. The molecule has 1 spiro atoms. The topological polar surface area (TPSA) is 46.7 Å². The van der Waals surface area contributed by atoms with Gasteiger partial charge in [0.1, 0.15) is 11.4 Å². The van der Waals surface area contributed by atoms with Crippen LogP contribution in [0.1, 0.15) is 32.8 Å². The van der Waals surface area contributed by atoms with Crippen molar-refractivity contribution in [3.8, 4) is 0 Å². The van der Waals surface area contributed by atoms with Crippen LogP contribution in [-0.4, -0.2) is 15.6 Å². The van der Waals surface area contributed by atoms with Gasteiger partial charge in [-0.15, -0.1) is 0 Å². The molecule has 3 aromatic carbocycles. The van der Waals surface area contributed by atoms with E-state index in [0.29, 0.717) is 10.5 Å². The third kappa shape index (κ3) is 2.09. The van der Waals surface area contributed by atoms with E-state index >= 15 is 0 Å². The normalized spacial score (nSPS) is 29.4. The number of ketones is 1. The van der Waals surface area contributed by atoms with Gasteiger partial charge < -0.3 is 4.74 Å². The molecule has 3 aromatic rings. The summed E-state index contributed by atoms with van der Waals surface area (Å²) in [6, 6.07) is 26.5. The highest BCUT2D eigenvalue weighted by molar-refractivity contribution is 7.85. The first kappa shape index (κ1) is 15.7. The van der Waals surface area contributed by atoms with E-state index < -0.39 is 21.7 Å². The molecule has 2 aliphatic rings. The zero-order valence-electron chi connectivity index (χ0n) is 13.9. The van der Waals surface area contributed by atoms with Crippen molar-refractivity contribution in [3.63, 3.8) is 0 Å². The summed E-state index contributed by atoms with van der Waals surface area (Å²) in [5.74, 6) is -0.0737. The summed E-state index contributed by atoms with van der Waals surface area (Å²) < 4.78 is 19.6. The maximum absolute atomic E-state index is 13.5. The van der Waals surface area contributed by atoms with Crippen LogP contribution in [0.5, 0.6) is 0 Å². The van der Waals surface area contributed by atoms with Crippen LogP contribution >= 0.6 is 0 Å². The molecule has 4 heteroatoms. The second-order valence-corrected chi connectivity index (χ2v) is 8.12. The summed E-state index contributed by atoms with van der Waals surface area (Å²) in [7, 11) is -1.37. The average molecular weight is 360 g/mol. The Morgan fingerprint density at radius 1 is 0.769 bits per heavy atom. The lowest BCUT2D eigenvalue weighted by Gasteiger charge is -2.30. The molecule has 0 N–H and O–H groups in total. The van der Waals surface area contributed by atoms with Crippen molar-refractivity contribution in [1.82, 2.24) is 0 Å². The Hall–Kier alpha value is -2.56. The van der Waals surface area contributed by atoms with E-state index in [2.05, 4.69) is 0 Å². The zero-order valence-corrected chi connectivity index (χ0v) is 14.7. The van der Waals surface area contributed by atoms with Crippen LogP contribution < -0.4 is 0 Å². The summed E-state index contributed by atoms with van der Waals surface area (Å²) in [5.41, 5.74) is 1.23. The Morgan fingerprint density at radius 3 is 2.04 bits per heavy atom. The van der Waals surface area contributed by atoms with Gasteiger partial charge in [-0.1, -0.05) is 78.9 Å². The van der Waals surface area contributed by atoms with E-state index in [4.69, 9.17) is 4.74 Å². The van der Waals surface area contributed by atoms with E-state index in [1.54, 1.807) is 12.1 Å². The number of fused-ring (bicyclic) bond motifs is 1.